The van der Waals surface area contributed by atoms with Crippen molar-refractivity contribution in [3.63, 3.8) is 0 Å². The molecule has 2 N–H and O–H groups in total. The highest BCUT2D eigenvalue weighted by atomic mass is 35.5. The Morgan fingerprint density at radius 2 is 1.76 bits per heavy atom. The predicted octanol–water partition coefficient (Wildman–Crippen LogP) is 5.00. The molecule has 0 bridgehead atoms. The fourth-order valence-electron chi connectivity index (χ4n) is 2.06. The molecule has 0 radical (unpaired) electrons. The second kappa shape index (κ2) is 6.92. The van der Waals surface area contributed by atoms with Crippen LogP contribution in [0.2, 0.25) is 5.02 Å². The molecule has 0 saturated carbocycles. The summed E-state index contributed by atoms with van der Waals surface area (Å²) in [7, 11) is 0. The lowest BCUT2D eigenvalue weighted by molar-refractivity contribution is 0.722. The zero-order chi connectivity index (χ0) is 15.4. The maximum atomic E-state index is 5.90. The van der Waals surface area contributed by atoms with Gasteiger partial charge in [0, 0.05) is 10.7 Å². The van der Waals surface area contributed by atoms with Crippen LogP contribution in [-0.2, 0) is 0 Å². The highest BCUT2D eigenvalue weighted by Crippen LogP contribution is 2.18. The molecule has 0 aliphatic carbocycles. The first-order valence-corrected chi connectivity index (χ1v) is 7.64. The number of nitrogens with one attached hydrogen (secondary N) is 2. The molecule has 0 saturated heterocycles. The summed E-state index contributed by atoms with van der Waals surface area (Å²) in [6, 6.07) is 14.2. The van der Waals surface area contributed by atoms with E-state index in [2.05, 4.69) is 49.6 Å². The number of rotatable bonds is 3. The van der Waals surface area contributed by atoms with Gasteiger partial charge in [0.15, 0.2) is 5.11 Å². The van der Waals surface area contributed by atoms with E-state index in [1.54, 1.807) is 0 Å². The Balaban J connectivity index is 2.01. The van der Waals surface area contributed by atoms with E-state index in [-0.39, 0.29) is 6.04 Å². The van der Waals surface area contributed by atoms with Gasteiger partial charge in [-0.15, -0.1) is 0 Å². The Bertz CT molecular complexity index is 638. The molecule has 1 atom stereocenters. The van der Waals surface area contributed by atoms with Crippen LogP contribution in [0.1, 0.15) is 29.7 Å². The summed E-state index contributed by atoms with van der Waals surface area (Å²) in [6.07, 6.45) is 0. The van der Waals surface area contributed by atoms with E-state index >= 15 is 0 Å². The van der Waals surface area contributed by atoms with E-state index in [4.69, 9.17) is 23.8 Å². The van der Waals surface area contributed by atoms with Gasteiger partial charge < -0.3 is 10.6 Å². The third-order valence-corrected chi connectivity index (χ3v) is 3.83. The van der Waals surface area contributed by atoms with Crippen molar-refractivity contribution in [1.82, 2.24) is 5.32 Å². The van der Waals surface area contributed by atoms with Crippen molar-refractivity contribution < 1.29 is 0 Å². The standard InChI is InChI=1S/C17H19ClN2S/c1-11-4-5-12(2)16(10-11)20-17(21)19-13(3)14-6-8-15(18)9-7-14/h4-10,13H,1-3H3,(H2,19,20,21)/t13-/m1/s1. The lowest BCUT2D eigenvalue weighted by Crippen LogP contribution is -2.31. The average Bonchev–Trinajstić information content (AvgIpc) is 2.43. The number of hydrogen-bond acceptors (Lipinski definition) is 1. The smallest absolute Gasteiger partial charge is 0.171 e. The van der Waals surface area contributed by atoms with Crippen LogP contribution in [0.5, 0.6) is 0 Å². The Hall–Kier alpha value is -1.58. The molecular formula is C17H19ClN2S. The normalized spacial score (nSPS) is 11.8. The number of halogens is 1. The predicted molar refractivity (Wildman–Crippen MR) is 95.1 cm³/mol. The summed E-state index contributed by atoms with van der Waals surface area (Å²) in [5, 5.41) is 7.90. The van der Waals surface area contributed by atoms with Gasteiger partial charge in [-0.25, -0.2) is 0 Å². The van der Waals surface area contributed by atoms with E-state index in [1.807, 2.05) is 24.3 Å². The molecule has 0 heterocycles. The third kappa shape index (κ3) is 4.45. The molecule has 2 aromatic rings. The van der Waals surface area contributed by atoms with Crippen LogP contribution >= 0.6 is 23.8 Å². The van der Waals surface area contributed by atoms with Crippen molar-refractivity contribution in [2.24, 2.45) is 0 Å². The van der Waals surface area contributed by atoms with Crippen LogP contribution in [-0.4, -0.2) is 5.11 Å². The largest absolute Gasteiger partial charge is 0.356 e. The van der Waals surface area contributed by atoms with Crippen LogP contribution in [0.3, 0.4) is 0 Å². The van der Waals surface area contributed by atoms with Gasteiger partial charge in [0.2, 0.25) is 0 Å². The molecule has 2 nitrogen and oxygen atoms in total. The van der Waals surface area contributed by atoms with Gasteiger partial charge in [0.25, 0.3) is 0 Å². The molecule has 4 heteroatoms. The molecule has 0 aromatic heterocycles. The van der Waals surface area contributed by atoms with Crippen molar-refractivity contribution in [3.05, 3.63) is 64.2 Å². The summed E-state index contributed by atoms with van der Waals surface area (Å²) in [5.74, 6) is 0. The van der Waals surface area contributed by atoms with Crippen molar-refractivity contribution in [2.45, 2.75) is 26.8 Å². The molecule has 21 heavy (non-hydrogen) atoms. The Morgan fingerprint density at radius 3 is 2.43 bits per heavy atom. The first-order chi connectivity index (χ1) is 9.95. The average molecular weight is 319 g/mol. The van der Waals surface area contributed by atoms with Gasteiger partial charge in [-0.05, 0) is 67.9 Å². The fraction of sp³-hybridized carbons (Fsp3) is 0.235. The van der Waals surface area contributed by atoms with Crippen molar-refractivity contribution >= 4 is 34.6 Å². The molecule has 0 unspecified atom stereocenters. The molecule has 0 aliphatic heterocycles. The Labute approximate surface area is 136 Å². The van der Waals surface area contributed by atoms with Crippen LogP contribution in [0.25, 0.3) is 0 Å². The van der Waals surface area contributed by atoms with Crippen molar-refractivity contribution in [2.75, 3.05) is 5.32 Å². The van der Waals surface area contributed by atoms with Crippen LogP contribution in [0.4, 0.5) is 5.69 Å². The van der Waals surface area contributed by atoms with Crippen molar-refractivity contribution in [1.29, 1.82) is 0 Å². The minimum Gasteiger partial charge on any atom is -0.356 e. The zero-order valence-electron chi connectivity index (χ0n) is 12.4. The van der Waals surface area contributed by atoms with Gasteiger partial charge >= 0.3 is 0 Å². The first-order valence-electron chi connectivity index (χ1n) is 6.86. The second-order valence-corrected chi connectivity index (χ2v) is 6.03. The number of aryl methyl sites for hydroxylation is 2. The van der Waals surface area contributed by atoms with E-state index in [1.165, 1.54) is 11.1 Å². The highest BCUT2D eigenvalue weighted by molar-refractivity contribution is 7.80. The Kier molecular flexibility index (Phi) is 5.21. The molecule has 0 amide bonds. The van der Waals surface area contributed by atoms with E-state index in [9.17, 15) is 0 Å². The maximum Gasteiger partial charge on any atom is 0.171 e. The maximum absolute atomic E-state index is 5.90. The van der Waals surface area contributed by atoms with Crippen LogP contribution in [0.15, 0.2) is 42.5 Å². The van der Waals surface area contributed by atoms with Crippen LogP contribution < -0.4 is 10.6 Å². The number of anilines is 1. The quantitative estimate of drug-likeness (QED) is 0.778. The summed E-state index contributed by atoms with van der Waals surface area (Å²) >= 11 is 11.3. The van der Waals surface area contributed by atoms with Gasteiger partial charge in [0.1, 0.15) is 0 Å². The lowest BCUT2D eigenvalue weighted by Gasteiger charge is -2.18. The summed E-state index contributed by atoms with van der Waals surface area (Å²) < 4.78 is 0. The SMILES string of the molecule is Cc1ccc(C)c(NC(=S)N[C@H](C)c2ccc(Cl)cc2)c1. The van der Waals surface area contributed by atoms with Crippen molar-refractivity contribution in [3.8, 4) is 0 Å². The molecule has 0 aliphatic rings. The molecule has 2 aromatic carbocycles. The second-order valence-electron chi connectivity index (χ2n) is 5.19. The summed E-state index contributed by atoms with van der Waals surface area (Å²) in [4.78, 5) is 0. The first kappa shape index (κ1) is 15.8. The highest BCUT2D eigenvalue weighted by Gasteiger charge is 2.08. The summed E-state index contributed by atoms with van der Waals surface area (Å²) in [6.45, 7) is 6.20. The minimum absolute atomic E-state index is 0.118. The molecule has 110 valence electrons. The van der Waals surface area contributed by atoms with Gasteiger partial charge in [0.05, 0.1) is 6.04 Å². The van der Waals surface area contributed by atoms with E-state index in [0.29, 0.717) is 5.11 Å². The topological polar surface area (TPSA) is 24.1 Å². The molecular weight excluding hydrogens is 300 g/mol. The number of benzene rings is 2. The number of thiocarbonyl (C=S) groups is 1. The molecule has 0 spiro atoms. The van der Waals surface area contributed by atoms with E-state index < -0.39 is 0 Å². The van der Waals surface area contributed by atoms with Crippen LogP contribution in [0, 0.1) is 13.8 Å². The van der Waals surface area contributed by atoms with Gasteiger partial charge in [-0.1, -0.05) is 35.9 Å². The lowest BCUT2D eigenvalue weighted by atomic mass is 10.1. The third-order valence-electron chi connectivity index (χ3n) is 3.36. The molecule has 2 rings (SSSR count). The molecule has 0 fully saturated rings. The van der Waals surface area contributed by atoms with Gasteiger partial charge in [-0.2, -0.15) is 0 Å². The summed E-state index contributed by atoms with van der Waals surface area (Å²) in [5.41, 5.74) is 4.56. The zero-order valence-corrected chi connectivity index (χ0v) is 14.0. The number of hydrogen-bond donors (Lipinski definition) is 2. The minimum atomic E-state index is 0.118. The van der Waals surface area contributed by atoms with Gasteiger partial charge in [-0.3, -0.25) is 0 Å². The van der Waals surface area contributed by atoms with E-state index in [0.717, 1.165) is 16.3 Å². The monoisotopic (exact) mass is 318 g/mol. The Morgan fingerprint density at radius 1 is 1.10 bits per heavy atom. The fourth-order valence-corrected chi connectivity index (χ4v) is 2.47.